The molecule has 1 N–H and O–H groups in total. The van der Waals surface area contributed by atoms with Crippen LogP contribution in [0.5, 0.6) is 5.75 Å². The molecule has 1 unspecified atom stereocenters. The zero-order valence-electron chi connectivity index (χ0n) is 12.6. The lowest BCUT2D eigenvalue weighted by Gasteiger charge is -2.21. The molecule has 0 saturated heterocycles. The Bertz CT molecular complexity index is 619. The molecule has 112 valence electrons. The van der Waals surface area contributed by atoms with E-state index in [1.807, 2.05) is 29.1 Å². The third kappa shape index (κ3) is 3.10. The molecule has 0 bridgehead atoms. The van der Waals surface area contributed by atoms with Crippen molar-refractivity contribution < 1.29 is 9.84 Å². The van der Waals surface area contributed by atoms with E-state index in [1.165, 1.54) is 5.56 Å². The maximum Gasteiger partial charge on any atom is 0.132 e. The van der Waals surface area contributed by atoms with Crippen LogP contribution in [-0.2, 0) is 13.0 Å². The van der Waals surface area contributed by atoms with Crippen molar-refractivity contribution in [3.63, 3.8) is 0 Å². The van der Waals surface area contributed by atoms with Gasteiger partial charge in [0.15, 0.2) is 0 Å². The van der Waals surface area contributed by atoms with Crippen molar-refractivity contribution in [1.82, 2.24) is 9.78 Å². The van der Waals surface area contributed by atoms with Crippen LogP contribution in [0.4, 0.5) is 0 Å². The zero-order valence-corrected chi connectivity index (χ0v) is 12.6. The van der Waals surface area contributed by atoms with Crippen LogP contribution < -0.4 is 4.74 Å². The van der Waals surface area contributed by atoms with Crippen LogP contribution in [-0.4, -0.2) is 14.9 Å². The number of aliphatic hydroxyl groups is 1. The van der Waals surface area contributed by atoms with Gasteiger partial charge >= 0.3 is 0 Å². The molecular formula is C17H22N2O2. The van der Waals surface area contributed by atoms with Crippen molar-refractivity contribution in [2.45, 2.75) is 51.9 Å². The molecule has 0 saturated carbocycles. The Morgan fingerprint density at radius 1 is 1.38 bits per heavy atom. The Balaban J connectivity index is 1.67. The Morgan fingerprint density at radius 2 is 2.24 bits per heavy atom. The van der Waals surface area contributed by atoms with Crippen LogP contribution >= 0.6 is 0 Å². The Kier molecular flexibility index (Phi) is 3.97. The summed E-state index contributed by atoms with van der Waals surface area (Å²) >= 11 is 0. The van der Waals surface area contributed by atoms with Crippen LogP contribution in [0.25, 0.3) is 0 Å². The lowest BCUT2D eigenvalue weighted by molar-refractivity contribution is 0.156. The molecule has 0 radical (unpaired) electrons. The first kappa shape index (κ1) is 14.1. The van der Waals surface area contributed by atoms with Gasteiger partial charge < -0.3 is 9.84 Å². The second kappa shape index (κ2) is 5.90. The van der Waals surface area contributed by atoms with Gasteiger partial charge in [0.05, 0.1) is 11.8 Å². The van der Waals surface area contributed by atoms with E-state index in [2.05, 4.69) is 25.0 Å². The number of rotatable bonds is 4. The van der Waals surface area contributed by atoms with Gasteiger partial charge in [0, 0.05) is 12.2 Å². The van der Waals surface area contributed by atoms with E-state index in [1.54, 1.807) is 0 Å². The van der Waals surface area contributed by atoms with Crippen molar-refractivity contribution >= 4 is 0 Å². The van der Waals surface area contributed by atoms with E-state index in [0.29, 0.717) is 12.6 Å². The molecule has 1 aliphatic rings. The molecule has 2 aromatic rings. The fourth-order valence-electron chi connectivity index (χ4n) is 2.75. The number of hydrogen-bond donors (Lipinski definition) is 1. The highest BCUT2D eigenvalue weighted by molar-refractivity contribution is 5.38. The maximum atomic E-state index is 9.96. The molecule has 21 heavy (non-hydrogen) atoms. The minimum Gasteiger partial charge on any atom is -0.487 e. The Hall–Kier alpha value is -1.81. The number of fused-ring (bicyclic) bond motifs is 1. The molecule has 3 rings (SSSR count). The van der Waals surface area contributed by atoms with Crippen molar-refractivity contribution in [2.24, 2.45) is 0 Å². The zero-order chi connectivity index (χ0) is 14.8. The fraction of sp³-hybridized carbons (Fsp3) is 0.471. The fourth-order valence-corrected chi connectivity index (χ4v) is 2.75. The molecule has 0 spiro atoms. The number of aliphatic hydroxyl groups excluding tert-OH is 1. The van der Waals surface area contributed by atoms with Gasteiger partial charge in [-0.15, -0.1) is 0 Å². The third-order valence-corrected chi connectivity index (χ3v) is 3.98. The number of benzene rings is 1. The summed E-state index contributed by atoms with van der Waals surface area (Å²) in [4.78, 5) is 0. The largest absolute Gasteiger partial charge is 0.487 e. The summed E-state index contributed by atoms with van der Waals surface area (Å²) in [5.41, 5.74) is 3.19. The van der Waals surface area contributed by atoms with E-state index in [-0.39, 0.29) is 6.10 Å². The van der Waals surface area contributed by atoms with Crippen LogP contribution in [0.3, 0.4) is 0 Å². The highest BCUT2D eigenvalue weighted by Crippen LogP contribution is 2.32. The smallest absolute Gasteiger partial charge is 0.132 e. The SMILES string of the molecule is CC(C)n1ccc(COc2ccc3c(c2)CCCC3O)n1. The van der Waals surface area contributed by atoms with E-state index < -0.39 is 0 Å². The molecule has 1 heterocycles. The summed E-state index contributed by atoms with van der Waals surface area (Å²) in [5.74, 6) is 0.849. The van der Waals surface area contributed by atoms with Gasteiger partial charge in [0.2, 0.25) is 0 Å². The van der Waals surface area contributed by atoms with E-state index in [4.69, 9.17) is 4.74 Å². The van der Waals surface area contributed by atoms with E-state index >= 15 is 0 Å². The minimum absolute atomic E-state index is 0.315. The predicted octanol–water partition coefficient (Wildman–Crippen LogP) is 3.41. The van der Waals surface area contributed by atoms with Crippen molar-refractivity contribution in [3.8, 4) is 5.75 Å². The van der Waals surface area contributed by atoms with Gasteiger partial charge in [-0.25, -0.2) is 0 Å². The van der Waals surface area contributed by atoms with Crippen molar-refractivity contribution in [2.75, 3.05) is 0 Å². The first-order valence-electron chi connectivity index (χ1n) is 7.61. The lowest BCUT2D eigenvalue weighted by Crippen LogP contribution is -2.09. The number of aromatic nitrogens is 2. The summed E-state index contributed by atoms with van der Waals surface area (Å²) in [6.07, 6.45) is 4.58. The molecule has 0 aliphatic heterocycles. The van der Waals surface area contributed by atoms with E-state index in [0.717, 1.165) is 36.3 Å². The predicted molar refractivity (Wildman–Crippen MR) is 81.3 cm³/mol. The molecule has 1 aromatic carbocycles. The first-order valence-corrected chi connectivity index (χ1v) is 7.61. The van der Waals surface area contributed by atoms with Gasteiger partial charge in [-0.05, 0) is 62.4 Å². The van der Waals surface area contributed by atoms with Gasteiger partial charge in [0.1, 0.15) is 12.4 Å². The van der Waals surface area contributed by atoms with Crippen LogP contribution in [0.2, 0.25) is 0 Å². The van der Waals surface area contributed by atoms with Gasteiger partial charge in [-0.3, -0.25) is 4.68 Å². The highest BCUT2D eigenvalue weighted by atomic mass is 16.5. The average molecular weight is 286 g/mol. The molecule has 1 atom stereocenters. The third-order valence-electron chi connectivity index (χ3n) is 3.98. The topological polar surface area (TPSA) is 47.3 Å². The molecule has 1 aromatic heterocycles. The van der Waals surface area contributed by atoms with Gasteiger partial charge in [-0.1, -0.05) is 6.07 Å². The second-order valence-electron chi connectivity index (χ2n) is 5.94. The molecule has 4 heteroatoms. The number of hydrogen-bond acceptors (Lipinski definition) is 3. The Morgan fingerprint density at radius 3 is 3.00 bits per heavy atom. The molecule has 0 amide bonds. The number of nitrogens with zero attached hydrogens (tertiary/aromatic N) is 2. The molecule has 4 nitrogen and oxygen atoms in total. The van der Waals surface area contributed by atoms with Crippen molar-refractivity contribution in [1.29, 1.82) is 0 Å². The van der Waals surface area contributed by atoms with Crippen molar-refractivity contribution in [3.05, 3.63) is 47.3 Å². The van der Waals surface area contributed by atoms with Crippen LogP contribution in [0, 0.1) is 0 Å². The number of aryl methyl sites for hydroxylation is 1. The first-order chi connectivity index (χ1) is 10.1. The molecule has 1 aliphatic carbocycles. The quantitative estimate of drug-likeness (QED) is 0.937. The maximum absolute atomic E-state index is 9.96. The summed E-state index contributed by atoms with van der Waals surface area (Å²) in [7, 11) is 0. The summed E-state index contributed by atoms with van der Waals surface area (Å²) in [6.45, 7) is 4.68. The van der Waals surface area contributed by atoms with Crippen LogP contribution in [0.15, 0.2) is 30.5 Å². The second-order valence-corrected chi connectivity index (χ2v) is 5.94. The Labute approximate surface area is 125 Å². The lowest BCUT2D eigenvalue weighted by atomic mass is 9.89. The van der Waals surface area contributed by atoms with Crippen LogP contribution in [0.1, 0.15) is 55.7 Å². The summed E-state index contributed by atoms with van der Waals surface area (Å²) in [6, 6.07) is 8.33. The summed E-state index contributed by atoms with van der Waals surface area (Å²) < 4.78 is 7.76. The molecule has 0 fully saturated rings. The minimum atomic E-state index is -0.315. The van der Waals surface area contributed by atoms with Gasteiger partial charge in [-0.2, -0.15) is 5.10 Å². The monoisotopic (exact) mass is 286 g/mol. The number of ether oxygens (including phenoxy) is 1. The average Bonchev–Trinajstić information content (AvgIpc) is 2.94. The van der Waals surface area contributed by atoms with E-state index in [9.17, 15) is 5.11 Å². The summed E-state index contributed by atoms with van der Waals surface area (Å²) in [5, 5.41) is 14.4. The standard InChI is InChI=1S/C17H22N2O2/c1-12(2)19-9-8-14(18-19)11-21-15-6-7-16-13(10-15)4-3-5-17(16)20/h6-10,12,17,20H,3-5,11H2,1-2H3. The normalized spacial score (nSPS) is 17.8. The highest BCUT2D eigenvalue weighted by Gasteiger charge is 2.18. The van der Waals surface area contributed by atoms with Gasteiger partial charge in [0.25, 0.3) is 0 Å². The molecular weight excluding hydrogens is 264 g/mol.